The van der Waals surface area contributed by atoms with Gasteiger partial charge in [0.15, 0.2) is 0 Å². The van der Waals surface area contributed by atoms with Crippen LogP contribution in [0.2, 0.25) is 0 Å². The average molecular weight is 206 g/mol. The molecule has 1 rings (SSSR count). The SMILES string of the molecule is CCOC(=O)C(CC)c1cccc(C)c1. The van der Waals surface area contributed by atoms with E-state index in [9.17, 15) is 4.79 Å². The Morgan fingerprint density at radius 2 is 2.13 bits per heavy atom. The minimum Gasteiger partial charge on any atom is -0.466 e. The maximum Gasteiger partial charge on any atom is 0.313 e. The molecule has 1 unspecified atom stereocenters. The first-order valence-electron chi connectivity index (χ1n) is 5.42. The third-order valence-electron chi connectivity index (χ3n) is 2.42. The van der Waals surface area contributed by atoms with Crippen LogP contribution in [0.4, 0.5) is 0 Å². The van der Waals surface area contributed by atoms with Gasteiger partial charge in [-0.1, -0.05) is 36.8 Å². The summed E-state index contributed by atoms with van der Waals surface area (Å²) in [4.78, 5) is 11.7. The molecule has 0 saturated heterocycles. The fourth-order valence-corrected chi connectivity index (χ4v) is 1.67. The van der Waals surface area contributed by atoms with Crippen molar-refractivity contribution in [1.82, 2.24) is 0 Å². The lowest BCUT2D eigenvalue weighted by atomic mass is 9.95. The van der Waals surface area contributed by atoms with Gasteiger partial charge in [0.05, 0.1) is 12.5 Å². The third kappa shape index (κ3) is 3.08. The quantitative estimate of drug-likeness (QED) is 0.708. The first kappa shape index (κ1) is 11.8. The first-order valence-corrected chi connectivity index (χ1v) is 5.42. The molecule has 15 heavy (non-hydrogen) atoms. The number of carbonyl (C=O) groups is 1. The van der Waals surface area contributed by atoms with Crippen molar-refractivity contribution in [2.75, 3.05) is 6.61 Å². The van der Waals surface area contributed by atoms with E-state index in [0.29, 0.717) is 6.61 Å². The van der Waals surface area contributed by atoms with E-state index in [4.69, 9.17) is 4.74 Å². The maximum atomic E-state index is 11.7. The molecule has 1 aromatic rings. The Morgan fingerprint density at radius 3 is 2.67 bits per heavy atom. The second-order valence-corrected chi connectivity index (χ2v) is 3.63. The van der Waals surface area contributed by atoms with Crippen molar-refractivity contribution in [1.29, 1.82) is 0 Å². The van der Waals surface area contributed by atoms with Crippen molar-refractivity contribution in [3.8, 4) is 0 Å². The minimum absolute atomic E-state index is 0.120. The van der Waals surface area contributed by atoms with Crippen LogP contribution in [-0.2, 0) is 9.53 Å². The number of benzene rings is 1. The fraction of sp³-hybridized carbons (Fsp3) is 0.462. The average Bonchev–Trinajstić information content (AvgIpc) is 2.19. The Hall–Kier alpha value is -1.31. The summed E-state index contributed by atoms with van der Waals surface area (Å²) in [6, 6.07) is 8.04. The molecule has 0 aliphatic carbocycles. The van der Waals surface area contributed by atoms with E-state index in [1.807, 2.05) is 45.0 Å². The summed E-state index contributed by atoms with van der Waals surface area (Å²) in [6.07, 6.45) is 0.780. The van der Waals surface area contributed by atoms with Crippen molar-refractivity contribution in [3.63, 3.8) is 0 Å². The van der Waals surface area contributed by atoms with Crippen molar-refractivity contribution in [2.24, 2.45) is 0 Å². The summed E-state index contributed by atoms with van der Waals surface area (Å²) in [6.45, 7) is 6.31. The highest BCUT2D eigenvalue weighted by Crippen LogP contribution is 2.21. The van der Waals surface area contributed by atoms with Gasteiger partial charge in [0.25, 0.3) is 0 Å². The van der Waals surface area contributed by atoms with Gasteiger partial charge < -0.3 is 4.74 Å². The van der Waals surface area contributed by atoms with Gasteiger partial charge in [-0.05, 0) is 25.8 Å². The van der Waals surface area contributed by atoms with Crippen LogP contribution in [0.25, 0.3) is 0 Å². The van der Waals surface area contributed by atoms with Crippen LogP contribution in [0.1, 0.15) is 37.3 Å². The number of hydrogen-bond donors (Lipinski definition) is 0. The molecule has 2 nitrogen and oxygen atoms in total. The van der Waals surface area contributed by atoms with Gasteiger partial charge in [0, 0.05) is 0 Å². The molecule has 0 heterocycles. The van der Waals surface area contributed by atoms with Crippen LogP contribution in [0, 0.1) is 6.92 Å². The molecule has 0 aliphatic rings. The van der Waals surface area contributed by atoms with Gasteiger partial charge in [-0.25, -0.2) is 0 Å². The lowest BCUT2D eigenvalue weighted by Crippen LogP contribution is -2.15. The first-order chi connectivity index (χ1) is 7.19. The molecule has 2 heteroatoms. The van der Waals surface area contributed by atoms with E-state index < -0.39 is 0 Å². The zero-order valence-corrected chi connectivity index (χ0v) is 9.62. The van der Waals surface area contributed by atoms with E-state index >= 15 is 0 Å². The maximum absolute atomic E-state index is 11.7. The summed E-state index contributed by atoms with van der Waals surface area (Å²) in [5.41, 5.74) is 2.23. The molecule has 0 saturated carbocycles. The van der Waals surface area contributed by atoms with Gasteiger partial charge in [0.2, 0.25) is 0 Å². The predicted octanol–water partition coefficient (Wildman–Crippen LogP) is 3.05. The highest BCUT2D eigenvalue weighted by atomic mass is 16.5. The normalized spacial score (nSPS) is 12.2. The van der Waals surface area contributed by atoms with Crippen LogP contribution in [0.5, 0.6) is 0 Å². The zero-order valence-electron chi connectivity index (χ0n) is 9.62. The van der Waals surface area contributed by atoms with Crippen LogP contribution < -0.4 is 0 Å². The van der Waals surface area contributed by atoms with E-state index in [0.717, 1.165) is 12.0 Å². The smallest absolute Gasteiger partial charge is 0.313 e. The number of hydrogen-bond acceptors (Lipinski definition) is 2. The molecule has 0 radical (unpaired) electrons. The minimum atomic E-state index is -0.121. The second kappa shape index (κ2) is 5.54. The lowest BCUT2D eigenvalue weighted by molar-refractivity contribution is -0.145. The third-order valence-corrected chi connectivity index (χ3v) is 2.42. The predicted molar refractivity (Wildman–Crippen MR) is 60.8 cm³/mol. The van der Waals surface area contributed by atoms with E-state index in [-0.39, 0.29) is 11.9 Å². The molecule has 0 amide bonds. The van der Waals surface area contributed by atoms with Gasteiger partial charge in [-0.15, -0.1) is 0 Å². The highest BCUT2D eigenvalue weighted by Gasteiger charge is 2.19. The molecule has 1 aromatic carbocycles. The van der Waals surface area contributed by atoms with Gasteiger partial charge in [-0.3, -0.25) is 4.79 Å². The van der Waals surface area contributed by atoms with Gasteiger partial charge in [0.1, 0.15) is 0 Å². The van der Waals surface area contributed by atoms with E-state index in [2.05, 4.69) is 0 Å². The standard InChI is InChI=1S/C13H18O2/c1-4-12(13(14)15-5-2)11-8-6-7-10(3)9-11/h6-9,12H,4-5H2,1-3H3. The number of esters is 1. The van der Waals surface area contributed by atoms with Crippen LogP contribution in [0.15, 0.2) is 24.3 Å². The topological polar surface area (TPSA) is 26.3 Å². The van der Waals surface area contributed by atoms with Gasteiger partial charge >= 0.3 is 5.97 Å². The fourth-order valence-electron chi connectivity index (χ4n) is 1.67. The number of aryl methyl sites for hydroxylation is 1. The summed E-state index contributed by atoms with van der Waals surface area (Å²) in [5.74, 6) is -0.240. The van der Waals surface area contributed by atoms with Crippen molar-refractivity contribution < 1.29 is 9.53 Å². The zero-order chi connectivity index (χ0) is 11.3. The molecule has 0 aliphatic heterocycles. The Morgan fingerprint density at radius 1 is 1.40 bits per heavy atom. The molecule has 0 aromatic heterocycles. The Bertz CT molecular complexity index is 331. The van der Waals surface area contributed by atoms with Crippen LogP contribution >= 0.6 is 0 Å². The number of ether oxygens (including phenoxy) is 1. The monoisotopic (exact) mass is 206 g/mol. The summed E-state index contributed by atoms with van der Waals surface area (Å²) in [7, 11) is 0. The molecule has 1 atom stereocenters. The molecule has 0 spiro atoms. The Balaban J connectivity index is 2.87. The second-order valence-electron chi connectivity index (χ2n) is 3.63. The number of rotatable bonds is 4. The summed E-state index contributed by atoms with van der Waals surface area (Å²) >= 11 is 0. The van der Waals surface area contributed by atoms with E-state index in [1.54, 1.807) is 0 Å². The van der Waals surface area contributed by atoms with Gasteiger partial charge in [-0.2, -0.15) is 0 Å². The van der Waals surface area contributed by atoms with Crippen LogP contribution in [0.3, 0.4) is 0 Å². The van der Waals surface area contributed by atoms with E-state index in [1.165, 1.54) is 5.56 Å². The lowest BCUT2D eigenvalue weighted by Gasteiger charge is -2.14. The van der Waals surface area contributed by atoms with Crippen molar-refractivity contribution >= 4 is 5.97 Å². The molecular formula is C13H18O2. The molecule has 0 fully saturated rings. The van der Waals surface area contributed by atoms with Crippen molar-refractivity contribution in [3.05, 3.63) is 35.4 Å². The van der Waals surface area contributed by atoms with Crippen molar-refractivity contribution in [2.45, 2.75) is 33.1 Å². The Kier molecular flexibility index (Phi) is 4.35. The molecule has 0 bridgehead atoms. The number of carbonyl (C=O) groups excluding carboxylic acids is 1. The van der Waals surface area contributed by atoms with Crippen LogP contribution in [-0.4, -0.2) is 12.6 Å². The molecule has 82 valence electrons. The highest BCUT2D eigenvalue weighted by molar-refractivity contribution is 5.78. The summed E-state index contributed by atoms with van der Waals surface area (Å²) < 4.78 is 5.05. The summed E-state index contributed by atoms with van der Waals surface area (Å²) in [5, 5.41) is 0. The largest absolute Gasteiger partial charge is 0.466 e. The molecular weight excluding hydrogens is 188 g/mol. The Labute approximate surface area is 91.3 Å². The molecule has 0 N–H and O–H groups in total.